The van der Waals surface area contributed by atoms with E-state index in [2.05, 4.69) is 27.2 Å². The van der Waals surface area contributed by atoms with Crippen LogP contribution < -0.4 is 11.1 Å². The number of ketones is 1. The number of piperidine rings is 1. The number of aromatic nitrogens is 5. The number of nitrogens with one attached hydrogen (secondary N) is 1. The Morgan fingerprint density at radius 2 is 2.11 bits per heavy atom. The maximum atomic E-state index is 13.5. The Balaban J connectivity index is 1.72. The molecule has 0 aromatic carbocycles. The first-order valence-corrected chi connectivity index (χ1v) is 12.2. The van der Waals surface area contributed by atoms with Crippen molar-refractivity contribution in [2.75, 3.05) is 32.9 Å². The summed E-state index contributed by atoms with van der Waals surface area (Å²) in [5.41, 5.74) is 9.42. The summed E-state index contributed by atoms with van der Waals surface area (Å²) in [7, 11) is 3.99. The normalized spacial score (nSPS) is 18.9. The number of rotatable bonds is 9. The van der Waals surface area contributed by atoms with Gasteiger partial charge in [-0.3, -0.25) is 9.78 Å². The highest BCUT2D eigenvalue weighted by Crippen LogP contribution is 2.32. The Morgan fingerprint density at radius 1 is 1.26 bits per heavy atom. The number of nitrogens with two attached hydrogens (primary N) is 1. The number of pyridine rings is 1. The number of unbranched alkanes of at least 4 members (excludes halogenated alkanes) is 1. The van der Waals surface area contributed by atoms with Crippen LogP contribution >= 0.6 is 0 Å². The fourth-order valence-corrected chi connectivity index (χ4v) is 4.49. The van der Waals surface area contributed by atoms with Gasteiger partial charge in [-0.15, -0.1) is 0 Å². The van der Waals surface area contributed by atoms with Gasteiger partial charge in [0, 0.05) is 44.5 Å². The maximum Gasteiger partial charge on any atom is 0.164 e. The van der Waals surface area contributed by atoms with E-state index in [1.165, 1.54) is 6.33 Å². The van der Waals surface area contributed by atoms with E-state index in [0.717, 1.165) is 43.6 Å². The van der Waals surface area contributed by atoms with Crippen molar-refractivity contribution in [3.8, 4) is 0 Å². The van der Waals surface area contributed by atoms with Gasteiger partial charge < -0.3 is 16.0 Å². The minimum Gasteiger partial charge on any atom is -0.383 e. The van der Waals surface area contributed by atoms with Gasteiger partial charge in [0.25, 0.3) is 0 Å². The van der Waals surface area contributed by atoms with Crippen LogP contribution in [-0.2, 0) is 4.79 Å². The lowest BCUT2D eigenvalue weighted by atomic mass is 9.88. The molecule has 0 spiro atoms. The largest absolute Gasteiger partial charge is 0.383 e. The molecule has 2 unspecified atom stereocenters. The summed E-state index contributed by atoms with van der Waals surface area (Å²) in [6.07, 6.45) is 12.6. The van der Waals surface area contributed by atoms with Crippen molar-refractivity contribution in [3.05, 3.63) is 53.9 Å². The lowest BCUT2D eigenvalue weighted by molar-refractivity contribution is -0.120. The van der Waals surface area contributed by atoms with Crippen molar-refractivity contribution in [1.82, 2.24) is 34.9 Å². The van der Waals surface area contributed by atoms with Crippen LogP contribution in [0.5, 0.6) is 0 Å². The number of nitrogen functional groups attached to an aromatic ring is 1. The number of nitrogens with zero attached hydrogens (tertiary/aromatic N) is 6. The van der Waals surface area contributed by atoms with E-state index in [1.54, 1.807) is 6.20 Å². The Labute approximate surface area is 206 Å². The highest BCUT2D eigenvalue weighted by Gasteiger charge is 2.34. The number of hydrogen-bond donors (Lipinski definition) is 2. The molecule has 0 aliphatic carbocycles. The summed E-state index contributed by atoms with van der Waals surface area (Å²) in [6.45, 7) is 3.57. The van der Waals surface area contributed by atoms with Gasteiger partial charge in [-0.2, -0.15) is 5.10 Å². The molecule has 0 bridgehead atoms. The van der Waals surface area contributed by atoms with E-state index < -0.39 is 0 Å². The van der Waals surface area contributed by atoms with E-state index in [0.29, 0.717) is 29.1 Å². The molecule has 1 saturated heterocycles. The molecular weight excluding hydrogens is 440 g/mol. The zero-order valence-electron chi connectivity index (χ0n) is 20.7. The number of carbonyl (C=O) groups is 1. The Hall–Kier alpha value is -3.59. The molecule has 0 amide bonds. The highest BCUT2D eigenvalue weighted by atomic mass is 16.1. The Bertz CT molecular complexity index is 1210. The second-order valence-corrected chi connectivity index (χ2v) is 9.08. The molecule has 9 heteroatoms. The molecule has 184 valence electrons. The average Bonchev–Trinajstić information content (AvgIpc) is 3.25. The van der Waals surface area contributed by atoms with E-state index >= 15 is 0 Å². The molecular formula is C26H34N8O. The van der Waals surface area contributed by atoms with Gasteiger partial charge in [-0.1, -0.05) is 19.4 Å². The first-order chi connectivity index (χ1) is 17.0. The van der Waals surface area contributed by atoms with E-state index in [1.807, 2.05) is 60.1 Å². The second kappa shape index (κ2) is 11.2. The molecule has 9 nitrogen and oxygen atoms in total. The van der Waals surface area contributed by atoms with Crippen molar-refractivity contribution < 1.29 is 4.79 Å². The topological polar surface area (TPSA) is 115 Å². The van der Waals surface area contributed by atoms with Crippen LogP contribution in [0.4, 0.5) is 5.82 Å². The number of fused-ring (bicyclic) bond motifs is 1. The third-order valence-electron chi connectivity index (χ3n) is 6.44. The van der Waals surface area contributed by atoms with Gasteiger partial charge >= 0.3 is 0 Å². The highest BCUT2D eigenvalue weighted by molar-refractivity contribution is 5.95. The lowest BCUT2D eigenvalue weighted by Gasteiger charge is -2.31. The standard InChI is InChI=1S/C26H34N8O/c1-4-5-9-19(33(2)3)15-23(35)20-12-14-28-16-22(20)34-26-24(25(27)30-17-31-26)21(32-34)11-10-18-8-6-7-13-29-18/h6-8,10-11,13,15,17,20,22,28H,4-5,9,12,14,16H2,1-3H3,(H2,27,30,31). The predicted octanol–water partition coefficient (Wildman–Crippen LogP) is 3.33. The summed E-state index contributed by atoms with van der Waals surface area (Å²) in [4.78, 5) is 28.6. The Morgan fingerprint density at radius 3 is 2.86 bits per heavy atom. The second-order valence-electron chi connectivity index (χ2n) is 9.08. The van der Waals surface area contributed by atoms with E-state index in [9.17, 15) is 4.79 Å². The van der Waals surface area contributed by atoms with Crippen LogP contribution in [0, 0.1) is 5.92 Å². The van der Waals surface area contributed by atoms with Gasteiger partial charge in [0.1, 0.15) is 12.1 Å². The molecule has 3 aromatic heterocycles. The van der Waals surface area contributed by atoms with Crippen LogP contribution in [0.3, 0.4) is 0 Å². The number of carbonyl (C=O) groups excluding carboxylic acids is 1. The van der Waals surface area contributed by atoms with E-state index in [4.69, 9.17) is 10.8 Å². The molecule has 0 radical (unpaired) electrons. The summed E-state index contributed by atoms with van der Waals surface area (Å²) in [6, 6.07) is 5.54. The summed E-state index contributed by atoms with van der Waals surface area (Å²) in [5, 5.41) is 8.99. The molecule has 0 saturated carbocycles. The first kappa shape index (κ1) is 24.5. The van der Waals surface area contributed by atoms with E-state index in [-0.39, 0.29) is 17.7 Å². The quantitative estimate of drug-likeness (QED) is 0.454. The molecule has 3 aromatic rings. The number of anilines is 1. The van der Waals surface area contributed by atoms with Crippen molar-refractivity contribution in [2.24, 2.45) is 5.92 Å². The molecule has 1 aliphatic rings. The SMILES string of the molecule is CCCCC(=CC(=O)C1CCNCC1n1nc(C=Cc2ccccn2)c2c(N)ncnc21)N(C)C. The smallest absolute Gasteiger partial charge is 0.164 e. The molecule has 1 fully saturated rings. The zero-order valence-corrected chi connectivity index (χ0v) is 20.7. The summed E-state index contributed by atoms with van der Waals surface area (Å²) < 4.78 is 1.86. The average molecular weight is 475 g/mol. The minimum atomic E-state index is -0.209. The molecule has 1 aliphatic heterocycles. The van der Waals surface area contributed by atoms with Crippen molar-refractivity contribution >= 4 is 34.8 Å². The van der Waals surface area contributed by atoms with Crippen LogP contribution in [0.1, 0.15) is 50.0 Å². The van der Waals surface area contributed by atoms with Crippen molar-refractivity contribution in [2.45, 2.75) is 38.6 Å². The van der Waals surface area contributed by atoms with Gasteiger partial charge in [0.05, 0.1) is 22.8 Å². The lowest BCUT2D eigenvalue weighted by Crippen LogP contribution is -2.41. The molecule has 2 atom stereocenters. The van der Waals surface area contributed by atoms with Gasteiger partial charge in [0.15, 0.2) is 11.4 Å². The number of hydrogen-bond acceptors (Lipinski definition) is 8. The third kappa shape index (κ3) is 5.57. The third-order valence-corrected chi connectivity index (χ3v) is 6.44. The van der Waals surface area contributed by atoms with Gasteiger partial charge in [0.2, 0.25) is 0 Å². The molecule has 4 rings (SSSR count). The first-order valence-electron chi connectivity index (χ1n) is 12.2. The van der Waals surface area contributed by atoms with Crippen LogP contribution in [0.25, 0.3) is 23.2 Å². The zero-order chi connectivity index (χ0) is 24.8. The monoisotopic (exact) mass is 474 g/mol. The maximum absolute atomic E-state index is 13.5. The number of allylic oxidation sites excluding steroid dienone is 2. The fourth-order valence-electron chi connectivity index (χ4n) is 4.49. The van der Waals surface area contributed by atoms with Gasteiger partial charge in [-0.25, -0.2) is 14.6 Å². The molecule has 3 N–H and O–H groups in total. The minimum absolute atomic E-state index is 0.132. The Kier molecular flexibility index (Phi) is 7.87. The van der Waals surface area contributed by atoms with Gasteiger partial charge in [-0.05, 0) is 50.1 Å². The summed E-state index contributed by atoms with van der Waals surface area (Å²) >= 11 is 0. The summed E-state index contributed by atoms with van der Waals surface area (Å²) in [5.74, 6) is 0.287. The van der Waals surface area contributed by atoms with Crippen LogP contribution in [0.2, 0.25) is 0 Å². The van der Waals surface area contributed by atoms with Crippen molar-refractivity contribution in [3.63, 3.8) is 0 Å². The molecule has 4 heterocycles. The van der Waals surface area contributed by atoms with Crippen LogP contribution in [-0.4, -0.2) is 62.6 Å². The fraction of sp³-hybridized carbons (Fsp3) is 0.423. The van der Waals surface area contributed by atoms with Crippen LogP contribution in [0.15, 0.2) is 42.5 Å². The van der Waals surface area contributed by atoms with Crippen molar-refractivity contribution in [1.29, 1.82) is 0 Å². The molecule has 35 heavy (non-hydrogen) atoms. The predicted molar refractivity (Wildman–Crippen MR) is 139 cm³/mol.